The van der Waals surface area contributed by atoms with Gasteiger partial charge in [-0.15, -0.1) is 0 Å². The lowest BCUT2D eigenvalue weighted by Crippen LogP contribution is -2.24. The Morgan fingerprint density at radius 1 is 1.48 bits per heavy atom. The van der Waals surface area contributed by atoms with Crippen LogP contribution in [0.3, 0.4) is 0 Å². The topological polar surface area (TPSA) is 83.5 Å². The van der Waals surface area contributed by atoms with Crippen LogP contribution < -0.4 is 5.32 Å². The van der Waals surface area contributed by atoms with Crippen molar-refractivity contribution in [3.63, 3.8) is 0 Å². The first-order valence-corrected chi connectivity index (χ1v) is 8.52. The van der Waals surface area contributed by atoms with Gasteiger partial charge in [-0.05, 0) is 24.6 Å². The number of carbonyl (C=O) groups is 1. The molecule has 1 unspecified atom stereocenters. The average molecular weight is 328 g/mol. The highest BCUT2D eigenvalue weighted by Gasteiger charge is 2.33. The Balaban J connectivity index is 2.19. The second-order valence-electron chi connectivity index (χ2n) is 4.74. The Kier molecular flexibility index (Phi) is 4.88. The highest BCUT2D eigenvalue weighted by molar-refractivity contribution is 7.91. The van der Waals surface area contributed by atoms with Crippen LogP contribution in [0.25, 0.3) is 0 Å². The van der Waals surface area contributed by atoms with E-state index in [0.717, 1.165) is 0 Å². The molecule has 21 heavy (non-hydrogen) atoms. The number of aliphatic hydroxyl groups is 1. The lowest BCUT2D eigenvalue weighted by Gasteiger charge is -2.11. The van der Waals surface area contributed by atoms with Gasteiger partial charge in [0.05, 0.1) is 23.1 Å². The van der Waals surface area contributed by atoms with E-state index >= 15 is 0 Å². The summed E-state index contributed by atoms with van der Waals surface area (Å²) >= 11 is 5.89. The summed E-state index contributed by atoms with van der Waals surface area (Å²) in [6, 6.07) is 4.80. The van der Waals surface area contributed by atoms with Crippen LogP contribution >= 0.6 is 11.6 Å². The second kappa shape index (κ2) is 6.48. The molecule has 1 fully saturated rings. The minimum Gasteiger partial charge on any atom is -0.384 e. The molecule has 0 aromatic heterocycles. The average Bonchev–Trinajstić information content (AvgIpc) is 2.78. The first-order valence-electron chi connectivity index (χ1n) is 6.32. The number of benzene rings is 1. The predicted molar refractivity (Wildman–Crippen MR) is 80.8 cm³/mol. The van der Waals surface area contributed by atoms with Crippen molar-refractivity contribution in [2.45, 2.75) is 6.42 Å². The first-order chi connectivity index (χ1) is 9.91. The van der Waals surface area contributed by atoms with E-state index < -0.39 is 15.8 Å². The third-order valence-corrected chi connectivity index (χ3v) is 5.15. The number of rotatable bonds is 2. The molecule has 0 aliphatic carbocycles. The van der Waals surface area contributed by atoms with Crippen molar-refractivity contribution in [1.29, 1.82) is 0 Å². The number of amides is 1. The maximum Gasteiger partial charge on any atom is 0.228 e. The molecule has 0 bridgehead atoms. The number of carbonyl (C=O) groups excluding carboxylic acids is 1. The molecule has 0 spiro atoms. The maximum atomic E-state index is 12.1. The van der Waals surface area contributed by atoms with Crippen LogP contribution in [0.2, 0.25) is 5.02 Å². The molecule has 1 aliphatic rings. The minimum absolute atomic E-state index is 0.0395. The van der Waals surface area contributed by atoms with Gasteiger partial charge >= 0.3 is 0 Å². The van der Waals surface area contributed by atoms with Gasteiger partial charge in [0.25, 0.3) is 0 Å². The van der Waals surface area contributed by atoms with Crippen molar-refractivity contribution >= 4 is 33.0 Å². The predicted octanol–water partition coefficient (Wildman–Crippen LogP) is 1.06. The summed E-state index contributed by atoms with van der Waals surface area (Å²) in [5.74, 6) is 4.21. The molecule has 7 heteroatoms. The summed E-state index contributed by atoms with van der Waals surface area (Å²) in [5.41, 5.74) is 0.931. The van der Waals surface area contributed by atoms with Crippen LogP contribution in [-0.4, -0.2) is 37.5 Å². The molecule has 1 atom stereocenters. The number of nitrogens with one attached hydrogen (secondary N) is 1. The molecule has 1 aromatic carbocycles. The number of hydrogen-bond donors (Lipinski definition) is 2. The van der Waals surface area contributed by atoms with Crippen LogP contribution in [0.15, 0.2) is 18.2 Å². The summed E-state index contributed by atoms with van der Waals surface area (Å²) in [5, 5.41) is 11.8. The van der Waals surface area contributed by atoms with Crippen molar-refractivity contribution in [3.05, 3.63) is 28.8 Å². The third-order valence-electron chi connectivity index (χ3n) is 3.14. The Morgan fingerprint density at radius 3 is 2.86 bits per heavy atom. The zero-order chi connectivity index (χ0) is 15.5. The normalized spacial score (nSPS) is 19.6. The van der Waals surface area contributed by atoms with Gasteiger partial charge in [0.2, 0.25) is 5.91 Å². The standard InChI is InChI=1S/C14H14ClNO4S/c15-12-4-3-10(2-1-6-17)13(8-12)16-14(18)11-5-7-21(19,20)9-11/h3-4,8,11,17H,5-7,9H2,(H,16,18). The van der Waals surface area contributed by atoms with Crippen LogP contribution in [0, 0.1) is 17.8 Å². The van der Waals surface area contributed by atoms with Gasteiger partial charge in [0.15, 0.2) is 9.84 Å². The van der Waals surface area contributed by atoms with Crippen molar-refractivity contribution in [2.24, 2.45) is 5.92 Å². The van der Waals surface area contributed by atoms with Gasteiger partial charge in [-0.25, -0.2) is 8.42 Å². The molecular formula is C14H14ClNO4S. The van der Waals surface area contributed by atoms with Gasteiger partial charge in [-0.3, -0.25) is 4.79 Å². The number of sulfone groups is 1. The van der Waals surface area contributed by atoms with Gasteiger partial charge in [-0.2, -0.15) is 0 Å². The fraction of sp³-hybridized carbons (Fsp3) is 0.357. The lowest BCUT2D eigenvalue weighted by atomic mass is 10.1. The fourth-order valence-electron chi connectivity index (χ4n) is 2.10. The molecular weight excluding hydrogens is 314 g/mol. The monoisotopic (exact) mass is 327 g/mol. The highest BCUT2D eigenvalue weighted by Crippen LogP contribution is 2.24. The third kappa shape index (κ3) is 4.21. The Bertz CT molecular complexity index is 718. The summed E-state index contributed by atoms with van der Waals surface area (Å²) in [4.78, 5) is 12.1. The number of halogens is 1. The summed E-state index contributed by atoms with van der Waals surface area (Å²) in [6.07, 6.45) is 0.326. The van der Waals surface area contributed by atoms with Crippen LogP contribution in [0.4, 0.5) is 5.69 Å². The van der Waals surface area contributed by atoms with Crippen molar-refractivity contribution in [1.82, 2.24) is 0 Å². The van der Waals surface area contributed by atoms with E-state index in [1.165, 1.54) is 0 Å². The van der Waals surface area contributed by atoms with Crippen molar-refractivity contribution in [3.8, 4) is 11.8 Å². The van der Waals surface area contributed by atoms with E-state index in [-0.39, 0.29) is 24.0 Å². The smallest absolute Gasteiger partial charge is 0.228 e. The lowest BCUT2D eigenvalue weighted by molar-refractivity contribution is -0.119. The van der Waals surface area contributed by atoms with Crippen LogP contribution in [-0.2, 0) is 14.6 Å². The number of hydrogen-bond acceptors (Lipinski definition) is 4. The summed E-state index contributed by atoms with van der Waals surface area (Å²) in [6.45, 7) is -0.295. The molecule has 2 N–H and O–H groups in total. The van der Waals surface area contributed by atoms with E-state index in [1.54, 1.807) is 18.2 Å². The summed E-state index contributed by atoms with van der Waals surface area (Å²) < 4.78 is 22.8. The molecule has 112 valence electrons. The SMILES string of the molecule is O=C(Nc1cc(Cl)ccc1C#CCO)C1CCS(=O)(=O)C1. The van der Waals surface area contributed by atoms with Gasteiger partial charge in [-0.1, -0.05) is 23.4 Å². The zero-order valence-electron chi connectivity index (χ0n) is 11.1. The molecule has 0 saturated carbocycles. The molecule has 1 saturated heterocycles. The Labute approximate surface area is 128 Å². The number of anilines is 1. The number of aliphatic hydroxyl groups excluding tert-OH is 1. The first kappa shape index (κ1) is 15.8. The molecule has 2 rings (SSSR count). The zero-order valence-corrected chi connectivity index (χ0v) is 12.7. The molecule has 5 nitrogen and oxygen atoms in total. The fourth-order valence-corrected chi connectivity index (χ4v) is 4.01. The molecule has 0 radical (unpaired) electrons. The van der Waals surface area contributed by atoms with E-state index in [1.807, 2.05) is 0 Å². The van der Waals surface area contributed by atoms with Crippen LogP contribution in [0.1, 0.15) is 12.0 Å². The van der Waals surface area contributed by atoms with Crippen molar-refractivity contribution in [2.75, 3.05) is 23.4 Å². The van der Waals surface area contributed by atoms with Crippen LogP contribution in [0.5, 0.6) is 0 Å². The minimum atomic E-state index is -3.11. The summed E-state index contributed by atoms with van der Waals surface area (Å²) in [7, 11) is -3.11. The van der Waals surface area contributed by atoms with Crippen molar-refractivity contribution < 1.29 is 18.3 Å². The Hall–Kier alpha value is -1.55. The van der Waals surface area contributed by atoms with E-state index in [2.05, 4.69) is 17.2 Å². The quantitative estimate of drug-likeness (QED) is 0.796. The van der Waals surface area contributed by atoms with Gasteiger partial charge < -0.3 is 10.4 Å². The maximum absolute atomic E-state index is 12.1. The van der Waals surface area contributed by atoms with E-state index in [9.17, 15) is 13.2 Å². The highest BCUT2D eigenvalue weighted by atomic mass is 35.5. The molecule has 1 aliphatic heterocycles. The molecule has 1 aromatic rings. The second-order valence-corrected chi connectivity index (χ2v) is 7.40. The van der Waals surface area contributed by atoms with Gasteiger partial charge in [0, 0.05) is 10.6 Å². The molecule has 1 amide bonds. The van der Waals surface area contributed by atoms with Gasteiger partial charge in [0.1, 0.15) is 6.61 Å². The largest absolute Gasteiger partial charge is 0.384 e. The molecule has 1 heterocycles. The van der Waals surface area contributed by atoms with E-state index in [4.69, 9.17) is 16.7 Å². The van der Waals surface area contributed by atoms with E-state index in [0.29, 0.717) is 22.7 Å². The Morgan fingerprint density at radius 2 is 2.24 bits per heavy atom.